The Bertz CT molecular complexity index is 1710. The molecule has 10 heteroatoms. The van der Waals surface area contributed by atoms with Gasteiger partial charge in [-0.2, -0.15) is 18.4 Å². The van der Waals surface area contributed by atoms with Gasteiger partial charge in [-0.05, 0) is 36.4 Å². The van der Waals surface area contributed by atoms with Crippen molar-refractivity contribution in [1.82, 2.24) is 14.6 Å². The summed E-state index contributed by atoms with van der Waals surface area (Å²) in [4.78, 5) is 17.8. The summed E-state index contributed by atoms with van der Waals surface area (Å²) in [5.41, 5.74) is 2.06. The Labute approximate surface area is 212 Å². The third-order valence-corrected chi connectivity index (χ3v) is 6.17. The van der Waals surface area contributed by atoms with E-state index in [0.717, 1.165) is 12.1 Å². The van der Waals surface area contributed by atoms with Crippen LogP contribution in [0.15, 0.2) is 77.6 Å². The number of nitriles is 1. The van der Waals surface area contributed by atoms with Crippen LogP contribution in [0, 0.1) is 11.3 Å². The molecule has 0 aliphatic heterocycles. The predicted octanol–water partition coefficient (Wildman–Crippen LogP) is 7.22. The fraction of sp³-hybridized carbons (Fsp3) is 0.0385. The highest BCUT2D eigenvalue weighted by Gasteiger charge is 2.30. The van der Waals surface area contributed by atoms with Gasteiger partial charge in [-0.1, -0.05) is 53.5 Å². The zero-order valence-electron chi connectivity index (χ0n) is 18.1. The van der Waals surface area contributed by atoms with Crippen LogP contribution >= 0.6 is 23.2 Å². The van der Waals surface area contributed by atoms with Crippen LogP contribution in [0.25, 0.3) is 39.3 Å². The zero-order valence-corrected chi connectivity index (χ0v) is 19.6. The van der Waals surface area contributed by atoms with Gasteiger partial charge in [0.25, 0.3) is 5.56 Å². The fourth-order valence-electron chi connectivity index (χ4n) is 3.88. The van der Waals surface area contributed by atoms with Gasteiger partial charge in [0, 0.05) is 27.8 Å². The van der Waals surface area contributed by atoms with Crippen LogP contribution in [-0.2, 0) is 6.18 Å². The van der Waals surface area contributed by atoms with Crippen LogP contribution in [0.2, 0.25) is 10.0 Å². The summed E-state index contributed by atoms with van der Waals surface area (Å²) in [6.07, 6.45) is -4.49. The van der Waals surface area contributed by atoms with Crippen molar-refractivity contribution in [2.45, 2.75) is 6.18 Å². The van der Waals surface area contributed by atoms with Crippen molar-refractivity contribution in [2.24, 2.45) is 0 Å². The summed E-state index contributed by atoms with van der Waals surface area (Å²) < 4.78 is 40.6. The average Bonchev–Trinajstić information content (AvgIpc) is 3.23. The number of nitrogens with one attached hydrogen (secondary N) is 1. The molecule has 5 aromatic rings. The maximum Gasteiger partial charge on any atom is 0.416 e. The lowest BCUT2D eigenvalue weighted by molar-refractivity contribution is -0.137. The minimum atomic E-state index is -4.49. The molecule has 2 heterocycles. The Morgan fingerprint density at radius 2 is 1.58 bits per heavy atom. The SMILES string of the molecule is N#Cc1ccc(-c2cc(=O)n3[nH]c(-c4ccc(C(F)(F)F)cc4)c(-c4ccc(Cl)cc4Cl)c3n2)cc1. The summed E-state index contributed by atoms with van der Waals surface area (Å²) in [5, 5.41) is 12.7. The minimum Gasteiger partial charge on any atom is -0.288 e. The summed E-state index contributed by atoms with van der Waals surface area (Å²) in [7, 11) is 0. The van der Waals surface area contributed by atoms with Crippen LogP contribution < -0.4 is 5.56 Å². The van der Waals surface area contributed by atoms with Crippen molar-refractivity contribution in [2.75, 3.05) is 0 Å². The third kappa shape index (κ3) is 4.24. The number of hydrogen-bond acceptors (Lipinski definition) is 3. The third-order valence-electron chi connectivity index (χ3n) is 5.63. The number of halogens is 5. The van der Waals surface area contributed by atoms with Crippen molar-refractivity contribution in [3.05, 3.63) is 104 Å². The van der Waals surface area contributed by atoms with Crippen molar-refractivity contribution in [1.29, 1.82) is 5.26 Å². The van der Waals surface area contributed by atoms with Gasteiger partial charge in [0.05, 0.1) is 39.2 Å². The fourth-order valence-corrected chi connectivity index (χ4v) is 4.39. The largest absolute Gasteiger partial charge is 0.416 e. The molecule has 5 rings (SSSR count). The van der Waals surface area contributed by atoms with E-state index in [9.17, 15) is 18.0 Å². The van der Waals surface area contributed by atoms with Gasteiger partial charge < -0.3 is 0 Å². The first-order valence-corrected chi connectivity index (χ1v) is 11.2. The second kappa shape index (κ2) is 8.86. The van der Waals surface area contributed by atoms with Crippen LogP contribution in [-0.4, -0.2) is 14.6 Å². The lowest BCUT2D eigenvalue weighted by Crippen LogP contribution is -2.14. The van der Waals surface area contributed by atoms with Crippen LogP contribution in [0.4, 0.5) is 13.2 Å². The smallest absolute Gasteiger partial charge is 0.288 e. The van der Waals surface area contributed by atoms with E-state index in [-0.39, 0.29) is 10.7 Å². The lowest BCUT2D eigenvalue weighted by atomic mass is 10.00. The van der Waals surface area contributed by atoms with Gasteiger partial charge in [-0.15, -0.1) is 0 Å². The van der Waals surface area contributed by atoms with E-state index < -0.39 is 17.3 Å². The normalized spacial score (nSPS) is 11.6. The second-order valence-electron chi connectivity index (χ2n) is 7.89. The van der Waals surface area contributed by atoms with E-state index >= 15 is 0 Å². The summed E-state index contributed by atoms with van der Waals surface area (Å²) >= 11 is 12.6. The first-order valence-electron chi connectivity index (χ1n) is 10.4. The van der Waals surface area contributed by atoms with E-state index in [4.69, 9.17) is 28.5 Å². The van der Waals surface area contributed by atoms with E-state index in [1.807, 2.05) is 6.07 Å². The molecule has 0 fully saturated rings. The maximum absolute atomic E-state index is 13.1. The van der Waals surface area contributed by atoms with Gasteiger partial charge in [0.15, 0.2) is 5.65 Å². The van der Waals surface area contributed by atoms with Gasteiger partial charge >= 0.3 is 6.18 Å². The van der Waals surface area contributed by atoms with Crippen molar-refractivity contribution < 1.29 is 13.2 Å². The summed E-state index contributed by atoms with van der Waals surface area (Å²) in [6, 6.07) is 19.3. The average molecular weight is 525 g/mol. The Balaban J connectivity index is 1.79. The number of aromatic amines is 1. The van der Waals surface area contributed by atoms with Gasteiger partial charge in [-0.3, -0.25) is 9.89 Å². The highest BCUT2D eigenvalue weighted by molar-refractivity contribution is 6.36. The molecule has 0 spiro atoms. The summed E-state index contributed by atoms with van der Waals surface area (Å²) in [6.45, 7) is 0. The Hall–Kier alpha value is -4.06. The van der Waals surface area contributed by atoms with Crippen LogP contribution in [0.5, 0.6) is 0 Å². The monoisotopic (exact) mass is 524 g/mol. The molecular formula is C26H13Cl2F3N4O. The standard InChI is InChI=1S/C26H13Cl2F3N4O/c27-18-9-10-19(20(28)11-18)23-24(16-5-7-17(8-6-16)26(29,30)31)34-35-22(36)12-21(33-25(23)35)15-3-1-14(13-32)2-4-15/h1-12,34H. The molecule has 1 N–H and O–H groups in total. The van der Waals surface area contributed by atoms with Crippen LogP contribution in [0.1, 0.15) is 11.1 Å². The number of H-pyrrole nitrogens is 1. The molecule has 0 bridgehead atoms. The number of hydrogen-bond donors (Lipinski definition) is 1. The molecule has 0 aliphatic carbocycles. The number of benzene rings is 3. The molecule has 0 saturated carbocycles. The van der Waals surface area contributed by atoms with E-state index in [0.29, 0.717) is 44.2 Å². The molecule has 0 amide bonds. The lowest BCUT2D eigenvalue weighted by Gasteiger charge is -2.09. The second-order valence-corrected chi connectivity index (χ2v) is 8.73. The van der Waals surface area contributed by atoms with Crippen LogP contribution in [0.3, 0.4) is 0 Å². The zero-order chi connectivity index (χ0) is 25.6. The highest BCUT2D eigenvalue weighted by atomic mass is 35.5. The van der Waals surface area contributed by atoms with E-state index in [1.54, 1.807) is 36.4 Å². The Kier molecular flexibility index (Phi) is 5.83. The molecule has 178 valence electrons. The molecule has 3 aromatic carbocycles. The molecular weight excluding hydrogens is 512 g/mol. The number of aromatic nitrogens is 3. The van der Waals surface area contributed by atoms with Crippen molar-refractivity contribution >= 4 is 28.8 Å². The number of fused-ring (bicyclic) bond motifs is 1. The minimum absolute atomic E-state index is 0.223. The van der Waals surface area contributed by atoms with E-state index in [2.05, 4.69) is 10.1 Å². The first-order chi connectivity index (χ1) is 17.2. The number of nitrogens with zero attached hydrogens (tertiary/aromatic N) is 3. The quantitative estimate of drug-likeness (QED) is 0.270. The molecule has 0 saturated heterocycles. The maximum atomic E-state index is 13.1. The molecule has 5 nitrogen and oxygen atoms in total. The van der Waals surface area contributed by atoms with Gasteiger partial charge in [0.1, 0.15) is 0 Å². The van der Waals surface area contributed by atoms with Crippen molar-refractivity contribution in [3.8, 4) is 39.7 Å². The van der Waals surface area contributed by atoms with Gasteiger partial charge in [0.2, 0.25) is 0 Å². The molecule has 0 aliphatic rings. The number of alkyl halides is 3. The molecule has 36 heavy (non-hydrogen) atoms. The first kappa shape index (κ1) is 23.7. The highest BCUT2D eigenvalue weighted by Crippen LogP contribution is 2.40. The number of rotatable bonds is 3. The molecule has 2 aromatic heterocycles. The summed E-state index contributed by atoms with van der Waals surface area (Å²) in [5.74, 6) is 0. The van der Waals surface area contributed by atoms with E-state index in [1.165, 1.54) is 28.8 Å². The van der Waals surface area contributed by atoms with Crippen molar-refractivity contribution in [3.63, 3.8) is 0 Å². The molecule has 0 unspecified atom stereocenters. The Morgan fingerprint density at radius 3 is 2.19 bits per heavy atom. The Morgan fingerprint density at radius 1 is 0.917 bits per heavy atom. The molecule has 0 atom stereocenters. The molecule has 0 radical (unpaired) electrons. The van der Waals surface area contributed by atoms with Gasteiger partial charge in [-0.25, -0.2) is 9.50 Å². The topological polar surface area (TPSA) is 73.9 Å². The predicted molar refractivity (Wildman–Crippen MR) is 132 cm³/mol.